The maximum Gasteiger partial charge on any atom is 0.225 e. The third-order valence-corrected chi connectivity index (χ3v) is 7.22. The van der Waals surface area contributed by atoms with Crippen LogP contribution in [0.3, 0.4) is 0 Å². The second-order valence-electron chi connectivity index (χ2n) is 9.75. The van der Waals surface area contributed by atoms with Crippen molar-refractivity contribution < 1.29 is 44.4 Å². The molecule has 206 valence electrons. The lowest BCUT2D eigenvalue weighted by Gasteiger charge is -2.43. The summed E-state index contributed by atoms with van der Waals surface area (Å²) in [6.45, 7) is -0.862. The third-order valence-electron chi connectivity index (χ3n) is 7.22. The zero-order chi connectivity index (χ0) is 26.0. The monoisotopic (exact) mass is 510 g/mol. The van der Waals surface area contributed by atoms with E-state index in [-0.39, 0.29) is 12.8 Å². The normalized spacial score (nSPS) is 43.1. The van der Waals surface area contributed by atoms with E-state index < -0.39 is 85.6 Å². The van der Waals surface area contributed by atoms with Gasteiger partial charge < -0.3 is 63.3 Å². The number of fused-ring (bicyclic) bond motifs is 1. The molecule has 1 aliphatic heterocycles. The Morgan fingerprint density at radius 1 is 1.11 bits per heavy atom. The zero-order valence-electron chi connectivity index (χ0n) is 19.9. The van der Waals surface area contributed by atoms with Crippen LogP contribution in [0.4, 0.5) is 0 Å². The average Bonchev–Trinajstić information content (AvgIpc) is 3.38. The Bertz CT molecular complexity index is 683. The second-order valence-corrected chi connectivity index (χ2v) is 9.75. The fourth-order valence-electron chi connectivity index (χ4n) is 5.11. The first-order chi connectivity index (χ1) is 16.5. The molecule has 15 N–H and O–H groups in total. The number of aliphatic hydroxyl groups is 4. The van der Waals surface area contributed by atoms with E-state index in [1.54, 1.807) is 0 Å². The van der Waals surface area contributed by atoms with Crippen molar-refractivity contribution in [2.75, 3.05) is 26.9 Å². The van der Waals surface area contributed by atoms with Crippen LogP contribution in [-0.2, 0) is 24.0 Å². The number of hydrogen-bond donors (Lipinski definition) is 10. The Hall–Kier alpha value is -0.600. The Morgan fingerprint density at radius 2 is 1.83 bits per heavy atom. The topological polar surface area (TPSA) is 269 Å². The predicted molar refractivity (Wildman–Crippen MR) is 120 cm³/mol. The zero-order valence-corrected chi connectivity index (χ0v) is 19.9. The highest BCUT2D eigenvalue weighted by atomic mass is 17.3. The van der Waals surface area contributed by atoms with Crippen molar-refractivity contribution in [3.63, 3.8) is 0 Å². The van der Waals surface area contributed by atoms with Gasteiger partial charge in [-0.1, -0.05) is 0 Å². The number of aliphatic hydroxyl groups excluding tert-OH is 4. The molecule has 0 bridgehead atoms. The molecule has 0 aromatic carbocycles. The summed E-state index contributed by atoms with van der Waals surface area (Å²) in [6.07, 6.45) is -4.68. The lowest BCUT2D eigenvalue weighted by atomic mass is 9.87. The van der Waals surface area contributed by atoms with Crippen LogP contribution in [-0.4, -0.2) is 114 Å². The van der Waals surface area contributed by atoms with E-state index in [1.165, 1.54) is 7.11 Å². The minimum atomic E-state index is -1.74. The van der Waals surface area contributed by atoms with E-state index in [2.05, 4.69) is 5.32 Å². The molecule has 2 aliphatic carbocycles. The van der Waals surface area contributed by atoms with Gasteiger partial charge in [-0.3, -0.25) is 5.32 Å². The highest BCUT2D eigenvalue weighted by Gasteiger charge is 2.74. The van der Waals surface area contributed by atoms with E-state index in [9.17, 15) is 20.4 Å². The van der Waals surface area contributed by atoms with Crippen LogP contribution in [0, 0.1) is 5.92 Å². The summed E-state index contributed by atoms with van der Waals surface area (Å²) in [4.78, 5) is 11.1. The van der Waals surface area contributed by atoms with Crippen molar-refractivity contribution in [2.24, 2.45) is 34.6 Å². The standard InChI is InChI=1S/C20H42N6O9/c1-31-3-2-10(21)17(32-14-5-13(29)11(22)4-12(14)23)34-35-19(8-28)6-9-16(30)20(9,26-18(24)25)15(7-27)33-19/h9-18,26-30H,2-8,21-25H2,1H3/t9?,10?,11-,12?,13?,14+,15?,16?,17+,19+,20?/m1/s1. The Balaban J connectivity index is 1.71. The van der Waals surface area contributed by atoms with Gasteiger partial charge in [-0.25, -0.2) is 0 Å². The van der Waals surface area contributed by atoms with Crippen molar-refractivity contribution in [3.05, 3.63) is 0 Å². The molecule has 2 saturated carbocycles. The molecule has 0 spiro atoms. The van der Waals surface area contributed by atoms with Crippen molar-refractivity contribution >= 4 is 0 Å². The fourth-order valence-corrected chi connectivity index (χ4v) is 5.11. The Kier molecular flexibility index (Phi) is 9.80. The van der Waals surface area contributed by atoms with Gasteiger partial charge in [0.05, 0.1) is 36.5 Å². The number of nitrogens with two attached hydrogens (primary N) is 5. The molecule has 11 atom stereocenters. The van der Waals surface area contributed by atoms with E-state index in [0.717, 1.165) is 0 Å². The summed E-state index contributed by atoms with van der Waals surface area (Å²) >= 11 is 0. The van der Waals surface area contributed by atoms with Gasteiger partial charge in [0.1, 0.15) is 19.0 Å². The smallest absolute Gasteiger partial charge is 0.225 e. The van der Waals surface area contributed by atoms with Crippen LogP contribution in [0.25, 0.3) is 0 Å². The lowest BCUT2D eigenvalue weighted by molar-refractivity contribution is -0.495. The third kappa shape index (κ3) is 6.11. The van der Waals surface area contributed by atoms with E-state index in [4.69, 9.17) is 52.7 Å². The summed E-state index contributed by atoms with van der Waals surface area (Å²) in [5, 5.41) is 43.6. The van der Waals surface area contributed by atoms with Gasteiger partial charge in [0.25, 0.3) is 0 Å². The molecule has 3 fully saturated rings. The second kappa shape index (κ2) is 11.8. The van der Waals surface area contributed by atoms with Gasteiger partial charge in [-0.2, -0.15) is 9.78 Å². The Labute approximate surface area is 204 Å². The van der Waals surface area contributed by atoms with Crippen molar-refractivity contribution in [1.29, 1.82) is 0 Å². The molecule has 15 nitrogen and oxygen atoms in total. The number of hydrogen-bond acceptors (Lipinski definition) is 15. The fraction of sp³-hybridized carbons (Fsp3) is 1.00. The largest absolute Gasteiger partial charge is 0.394 e. The Morgan fingerprint density at radius 3 is 2.43 bits per heavy atom. The maximum atomic E-state index is 10.6. The lowest BCUT2D eigenvalue weighted by Crippen LogP contribution is -2.64. The molecule has 15 heteroatoms. The number of methoxy groups -OCH3 is 1. The minimum absolute atomic E-state index is 0.00255. The quantitative estimate of drug-likeness (QED) is 0.0630. The maximum absolute atomic E-state index is 10.6. The molecule has 1 saturated heterocycles. The van der Waals surface area contributed by atoms with Gasteiger partial charge in [-0.15, -0.1) is 0 Å². The average molecular weight is 511 g/mol. The first-order valence-electron chi connectivity index (χ1n) is 11.8. The predicted octanol–water partition coefficient (Wildman–Crippen LogP) is -5.19. The summed E-state index contributed by atoms with van der Waals surface area (Å²) in [6, 6.07) is -1.67. The molecule has 3 aliphatic rings. The van der Waals surface area contributed by atoms with Crippen LogP contribution < -0.4 is 34.0 Å². The number of ether oxygens (including phenoxy) is 3. The minimum Gasteiger partial charge on any atom is -0.394 e. The van der Waals surface area contributed by atoms with Crippen molar-refractivity contribution in [1.82, 2.24) is 5.32 Å². The summed E-state index contributed by atoms with van der Waals surface area (Å²) in [5.74, 6) is -2.23. The van der Waals surface area contributed by atoms with Crippen LogP contribution in [0.1, 0.15) is 25.7 Å². The molecule has 0 radical (unpaired) electrons. The summed E-state index contributed by atoms with van der Waals surface area (Å²) in [7, 11) is 1.52. The van der Waals surface area contributed by atoms with E-state index in [1.807, 2.05) is 0 Å². The van der Waals surface area contributed by atoms with Crippen molar-refractivity contribution in [3.8, 4) is 0 Å². The molecule has 0 aromatic rings. The number of rotatable bonds is 13. The van der Waals surface area contributed by atoms with Gasteiger partial charge in [-0.05, 0) is 12.8 Å². The molecule has 0 amide bonds. The van der Waals surface area contributed by atoms with E-state index in [0.29, 0.717) is 19.4 Å². The van der Waals surface area contributed by atoms with Crippen LogP contribution in [0.5, 0.6) is 0 Å². The van der Waals surface area contributed by atoms with Crippen LogP contribution in [0.2, 0.25) is 0 Å². The van der Waals surface area contributed by atoms with Gasteiger partial charge in [0.15, 0.2) is 0 Å². The van der Waals surface area contributed by atoms with Gasteiger partial charge in [0, 0.05) is 44.6 Å². The first kappa shape index (κ1) is 29.0. The highest BCUT2D eigenvalue weighted by molar-refractivity contribution is 5.26. The molecular formula is C20H42N6O9. The van der Waals surface area contributed by atoms with Gasteiger partial charge >= 0.3 is 0 Å². The molecule has 1 heterocycles. The molecule has 3 rings (SSSR count). The number of nitrogens with one attached hydrogen (secondary N) is 1. The van der Waals surface area contributed by atoms with E-state index >= 15 is 0 Å². The molecular weight excluding hydrogens is 468 g/mol. The SMILES string of the molecule is COCCC(N)[C@H](OO[C@]1(CO)CC2C(O)C2(NC(N)N)C(CO)O1)O[C@H]1CC(O)[C@H](N)CC1N. The van der Waals surface area contributed by atoms with Gasteiger partial charge in [0.2, 0.25) is 12.1 Å². The van der Waals surface area contributed by atoms with Crippen LogP contribution in [0.15, 0.2) is 0 Å². The summed E-state index contributed by atoms with van der Waals surface area (Å²) in [5.41, 5.74) is 28.5. The molecule has 7 unspecified atom stereocenters. The van der Waals surface area contributed by atoms with Crippen molar-refractivity contribution in [2.45, 2.75) is 92.1 Å². The highest BCUT2D eigenvalue weighted by Crippen LogP contribution is 2.56. The molecule has 0 aromatic heterocycles. The molecule has 35 heavy (non-hydrogen) atoms. The van der Waals surface area contributed by atoms with Crippen LogP contribution >= 0.6 is 0 Å². The summed E-state index contributed by atoms with van der Waals surface area (Å²) < 4.78 is 16.9. The first-order valence-corrected chi connectivity index (χ1v) is 11.8.